The first-order valence-corrected chi connectivity index (χ1v) is 3.66. The van der Waals surface area contributed by atoms with Gasteiger partial charge >= 0.3 is 0 Å². The lowest BCUT2D eigenvalue weighted by Gasteiger charge is -2.01. The molecule has 0 unspecified atom stereocenters. The van der Waals surface area contributed by atoms with E-state index < -0.39 is 0 Å². The summed E-state index contributed by atoms with van der Waals surface area (Å²) in [4.78, 5) is 7.90. The lowest BCUT2D eigenvalue weighted by Crippen LogP contribution is -2.00. The van der Waals surface area contributed by atoms with Crippen molar-refractivity contribution in [3.8, 4) is 0 Å². The molecule has 0 saturated carbocycles. The summed E-state index contributed by atoms with van der Waals surface area (Å²) in [7, 11) is 1.83. The standard InChI is InChI=1S/C7H11BN4/c1-5-6(2-3-12-8)7(9)11-4-10-5/h2-4,12H,8H2,1H3,(H2,9,10,11)/b3-2-. The van der Waals surface area contributed by atoms with Crippen LogP contribution in [-0.4, -0.2) is 17.9 Å². The van der Waals surface area contributed by atoms with E-state index >= 15 is 0 Å². The molecule has 1 rings (SSSR count). The van der Waals surface area contributed by atoms with Gasteiger partial charge in [0.2, 0.25) is 7.98 Å². The number of nitrogens with one attached hydrogen (secondary N) is 1. The van der Waals surface area contributed by atoms with Gasteiger partial charge in [0.1, 0.15) is 12.1 Å². The van der Waals surface area contributed by atoms with Crippen LogP contribution in [0.2, 0.25) is 0 Å². The fourth-order valence-electron chi connectivity index (χ4n) is 0.875. The van der Waals surface area contributed by atoms with Crippen molar-refractivity contribution in [1.82, 2.24) is 15.2 Å². The summed E-state index contributed by atoms with van der Waals surface area (Å²) in [6.07, 6.45) is 5.11. The first-order chi connectivity index (χ1) is 5.75. The highest BCUT2D eigenvalue weighted by Crippen LogP contribution is 2.11. The fraction of sp³-hybridized carbons (Fsp3) is 0.143. The molecule has 1 aromatic heterocycles. The molecule has 0 aromatic carbocycles. The topological polar surface area (TPSA) is 63.8 Å². The third-order valence-electron chi connectivity index (χ3n) is 1.53. The number of hydrogen-bond donors (Lipinski definition) is 2. The largest absolute Gasteiger partial charge is 0.440 e. The highest BCUT2D eigenvalue weighted by atomic mass is 14.9. The Morgan fingerprint density at radius 3 is 2.92 bits per heavy atom. The van der Waals surface area contributed by atoms with E-state index in [-0.39, 0.29) is 0 Å². The number of nitrogens with two attached hydrogens (primary N) is 1. The number of hydrogen-bond acceptors (Lipinski definition) is 4. The molecule has 62 valence electrons. The Morgan fingerprint density at radius 2 is 2.33 bits per heavy atom. The highest BCUT2D eigenvalue weighted by Gasteiger charge is 1.99. The zero-order chi connectivity index (χ0) is 8.97. The highest BCUT2D eigenvalue weighted by molar-refractivity contribution is 6.05. The lowest BCUT2D eigenvalue weighted by molar-refractivity contribution is 1.10. The molecular formula is C7H11BN4. The first-order valence-electron chi connectivity index (χ1n) is 3.66. The van der Waals surface area contributed by atoms with Crippen LogP contribution in [0.3, 0.4) is 0 Å². The van der Waals surface area contributed by atoms with Crippen LogP contribution in [0.1, 0.15) is 11.3 Å². The molecule has 0 saturated heterocycles. The van der Waals surface area contributed by atoms with Crippen LogP contribution in [0.25, 0.3) is 6.08 Å². The third-order valence-corrected chi connectivity index (χ3v) is 1.53. The zero-order valence-corrected chi connectivity index (χ0v) is 7.20. The third kappa shape index (κ3) is 1.75. The van der Waals surface area contributed by atoms with Crippen LogP contribution < -0.4 is 11.0 Å². The maximum Gasteiger partial charge on any atom is 0.213 e. The van der Waals surface area contributed by atoms with Gasteiger partial charge in [-0.2, -0.15) is 0 Å². The molecule has 0 radical (unpaired) electrons. The van der Waals surface area contributed by atoms with E-state index in [0.717, 1.165) is 11.3 Å². The van der Waals surface area contributed by atoms with Crippen LogP contribution in [-0.2, 0) is 0 Å². The maximum atomic E-state index is 5.63. The van der Waals surface area contributed by atoms with E-state index in [1.165, 1.54) is 6.33 Å². The number of rotatable bonds is 2. The average molecular weight is 162 g/mol. The Balaban J connectivity index is 3.04. The van der Waals surface area contributed by atoms with Crippen molar-refractivity contribution in [2.75, 3.05) is 5.73 Å². The second-order valence-electron chi connectivity index (χ2n) is 2.38. The Kier molecular flexibility index (Phi) is 2.69. The molecule has 0 amide bonds. The monoisotopic (exact) mass is 162 g/mol. The van der Waals surface area contributed by atoms with Gasteiger partial charge in [-0.25, -0.2) is 9.97 Å². The van der Waals surface area contributed by atoms with Crippen molar-refractivity contribution in [1.29, 1.82) is 0 Å². The Labute approximate surface area is 72.3 Å². The molecule has 0 aliphatic rings. The molecule has 1 heterocycles. The normalized spacial score (nSPS) is 10.4. The van der Waals surface area contributed by atoms with Crippen molar-refractivity contribution >= 4 is 19.9 Å². The maximum absolute atomic E-state index is 5.63. The van der Waals surface area contributed by atoms with Gasteiger partial charge in [-0.05, 0) is 19.2 Å². The van der Waals surface area contributed by atoms with E-state index in [2.05, 4.69) is 15.2 Å². The van der Waals surface area contributed by atoms with E-state index in [1.807, 2.05) is 21.0 Å². The molecule has 0 aliphatic carbocycles. The summed E-state index contributed by atoms with van der Waals surface area (Å²) in [5.74, 6) is 0.508. The molecule has 12 heavy (non-hydrogen) atoms. The van der Waals surface area contributed by atoms with Gasteiger partial charge in [-0.3, -0.25) is 0 Å². The molecule has 0 atom stereocenters. The zero-order valence-electron chi connectivity index (χ0n) is 7.20. The number of aromatic nitrogens is 2. The summed E-state index contributed by atoms with van der Waals surface area (Å²) < 4.78 is 0. The van der Waals surface area contributed by atoms with Gasteiger partial charge < -0.3 is 11.0 Å². The molecule has 0 fully saturated rings. The van der Waals surface area contributed by atoms with E-state index in [0.29, 0.717) is 5.82 Å². The van der Waals surface area contributed by atoms with Gasteiger partial charge in [0.05, 0.1) is 5.69 Å². The van der Waals surface area contributed by atoms with Gasteiger partial charge in [-0.15, -0.1) is 0 Å². The molecule has 5 heteroatoms. The molecule has 3 N–H and O–H groups in total. The summed E-state index contributed by atoms with van der Waals surface area (Å²) in [6.45, 7) is 1.90. The minimum absolute atomic E-state index is 0.508. The molecule has 1 aromatic rings. The molecule has 0 aliphatic heterocycles. The van der Waals surface area contributed by atoms with Gasteiger partial charge in [0, 0.05) is 5.56 Å². The second kappa shape index (κ2) is 3.76. The number of aryl methyl sites for hydroxylation is 1. The van der Waals surface area contributed by atoms with Crippen molar-refractivity contribution < 1.29 is 0 Å². The van der Waals surface area contributed by atoms with Crippen molar-refractivity contribution in [2.45, 2.75) is 6.92 Å². The van der Waals surface area contributed by atoms with Gasteiger partial charge in [0.15, 0.2) is 0 Å². The van der Waals surface area contributed by atoms with Crippen molar-refractivity contribution in [3.05, 3.63) is 23.8 Å². The van der Waals surface area contributed by atoms with Crippen LogP contribution >= 0.6 is 0 Å². The summed E-state index contributed by atoms with van der Waals surface area (Å²) in [6, 6.07) is 0. The van der Waals surface area contributed by atoms with Crippen LogP contribution in [0, 0.1) is 6.92 Å². The summed E-state index contributed by atoms with van der Waals surface area (Å²) in [5.41, 5.74) is 7.38. The van der Waals surface area contributed by atoms with Gasteiger partial charge in [-0.1, -0.05) is 0 Å². The Hall–Kier alpha value is -1.52. The van der Waals surface area contributed by atoms with Crippen molar-refractivity contribution in [3.63, 3.8) is 0 Å². The molecule has 0 spiro atoms. The molecule has 0 bridgehead atoms. The summed E-state index contributed by atoms with van der Waals surface area (Å²) in [5, 5.41) is 2.88. The minimum atomic E-state index is 0.508. The van der Waals surface area contributed by atoms with E-state index in [1.54, 1.807) is 6.20 Å². The van der Waals surface area contributed by atoms with E-state index in [9.17, 15) is 0 Å². The average Bonchev–Trinajstić information content (AvgIpc) is 2.04. The van der Waals surface area contributed by atoms with Crippen LogP contribution in [0.15, 0.2) is 12.5 Å². The van der Waals surface area contributed by atoms with Gasteiger partial charge in [0.25, 0.3) is 0 Å². The van der Waals surface area contributed by atoms with Crippen LogP contribution in [0.5, 0.6) is 0 Å². The molecular weight excluding hydrogens is 151 g/mol. The fourth-order valence-corrected chi connectivity index (χ4v) is 0.875. The van der Waals surface area contributed by atoms with Crippen molar-refractivity contribution in [2.24, 2.45) is 0 Å². The SMILES string of the molecule is BN/C=C\c1c(C)ncnc1N. The first kappa shape index (κ1) is 8.58. The lowest BCUT2D eigenvalue weighted by atomic mass is 10.2. The predicted molar refractivity (Wildman–Crippen MR) is 51.9 cm³/mol. The summed E-state index contributed by atoms with van der Waals surface area (Å²) >= 11 is 0. The predicted octanol–water partition coefficient (Wildman–Crippen LogP) is -0.524. The Bertz CT molecular complexity index is 277. The number of nitrogens with zero attached hydrogens (tertiary/aromatic N) is 2. The minimum Gasteiger partial charge on any atom is -0.440 e. The van der Waals surface area contributed by atoms with Crippen LogP contribution in [0.4, 0.5) is 5.82 Å². The molecule has 4 nitrogen and oxygen atoms in total. The van der Waals surface area contributed by atoms with E-state index in [4.69, 9.17) is 5.73 Å². The smallest absolute Gasteiger partial charge is 0.213 e. The quantitative estimate of drug-likeness (QED) is 0.574. The Morgan fingerprint density at radius 1 is 1.58 bits per heavy atom. The second-order valence-corrected chi connectivity index (χ2v) is 2.38. The number of nitrogen functional groups attached to an aromatic ring is 1. The number of anilines is 1.